The minimum Gasteiger partial charge on any atom is -0.468 e. The summed E-state index contributed by atoms with van der Waals surface area (Å²) in [5, 5.41) is 7.34. The predicted molar refractivity (Wildman–Crippen MR) is 52.5 cm³/mol. The van der Waals surface area contributed by atoms with Gasteiger partial charge in [-0.05, 0) is 20.8 Å². The van der Waals surface area contributed by atoms with Crippen LogP contribution in [0.25, 0.3) is 0 Å². The first-order valence-corrected chi connectivity index (χ1v) is 4.15. The van der Waals surface area contributed by atoms with Crippen LogP contribution in [0.3, 0.4) is 0 Å². The number of nitrogens with zero attached hydrogens (tertiary/aromatic N) is 1. The number of hydrogen-bond acceptors (Lipinski definition) is 4. The van der Waals surface area contributed by atoms with Gasteiger partial charge in [0, 0.05) is 18.0 Å². The fraction of sp³-hybridized carbons (Fsp3) is 0.667. The molecule has 0 rings (SSSR count). The SMILES string of the molecule is COC(=O)C(C=NC(C)C)C(C)=N. The molecule has 0 aliphatic carbocycles. The zero-order valence-electron chi connectivity index (χ0n) is 8.50. The lowest BCUT2D eigenvalue weighted by Crippen LogP contribution is -2.24. The molecule has 4 nitrogen and oxygen atoms in total. The van der Waals surface area contributed by atoms with Crippen LogP contribution in [0, 0.1) is 11.3 Å². The molecule has 74 valence electrons. The second-order valence-electron chi connectivity index (χ2n) is 3.08. The van der Waals surface area contributed by atoms with Crippen LogP contribution in [0.5, 0.6) is 0 Å². The van der Waals surface area contributed by atoms with Gasteiger partial charge in [-0.25, -0.2) is 0 Å². The van der Waals surface area contributed by atoms with E-state index >= 15 is 0 Å². The number of ether oxygens (including phenoxy) is 1. The van der Waals surface area contributed by atoms with Gasteiger partial charge in [0.1, 0.15) is 5.92 Å². The number of methoxy groups -OCH3 is 1. The van der Waals surface area contributed by atoms with Gasteiger partial charge in [-0.3, -0.25) is 9.79 Å². The molecule has 13 heavy (non-hydrogen) atoms. The zero-order chi connectivity index (χ0) is 10.4. The molecule has 0 saturated carbocycles. The van der Waals surface area contributed by atoms with Crippen molar-refractivity contribution in [2.24, 2.45) is 10.9 Å². The first-order chi connectivity index (χ1) is 5.99. The molecular formula is C9H16N2O2. The van der Waals surface area contributed by atoms with Gasteiger partial charge >= 0.3 is 5.97 Å². The van der Waals surface area contributed by atoms with E-state index in [2.05, 4.69) is 9.73 Å². The number of nitrogens with one attached hydrogen (secondary N) is 1. The number of aliphatic imine (C=N–C) groups is 1. The van der Waals surface area contributed by atoms with Crippen molar-refractivity contribution in [1.82, 2.24) is 0 Å². The number of rotatable bonds is 4. The monoisotopic (exact) mass is 184 g/mol. The van der Waals surface area contributed by atoms with Crippen molar-refractivity contribution in [3.63, 3.8) is 0 Å². The fourth-order valence-corrected chi connectivity index (χ4v) is 0.735. The molecule has 1 N–H and O–H groups in total. The Bertz CT molecular complexity index is 222. The maximum atomic E-state index is 11.1. The van der Waals surface area contributed by atoms with E-state index in [1.165, 1.54) is 13.3 Å². The van der Waals surface area contributed by atoms with Crippen LogP contribution in [0.15, 0.2) is 4.99 Å². The summed E-state index contributed by atoms with van der Waals surface area (Å²) >= 11 is 0. The molecule has 4 heteroatoms. The van der Waals surface area contributed by atoms with Crippen molar-refractivity contribution in [2.75, 3.05) is 7.11 Å². The summed E-state index contributed by atoms with van der Waals surface area (Å²) in [5.74, 6) is -1.07. The van der Waals surface area contributed by atoms with E-state index in [1.807, 2.05) is 13.8 Å². The van der Waals surface area contributed by atoms with E-state index in [9.17, 15) is 4.79 Å². The minimum absolute atomic E-state index is 0.131. The lowest BCUT2D eigenvalue weighted by Gasteiger charge is -2.07. The van der Waals surface area contributed by atoms with Crippen molar-refractivity contribution in [1.29, 1.82) is 5.41 Å². The molecule has 0 aromatic rings. The van der Waals surface area contributed by atoms with E-state index in [0.29, 0.717) is 0 Å². The van der Waals surface area contributed by atoms with Crippen LogP contribution >= 0.6 is 0 Å². The smallest absolute Gasteiger partial charge is 0.319 e. The number of esters is 1. The Morgan fingerprint density at radius 1 is 1.54 bits per heavy atom. The summed E-state index contributed by atoms with van der Waals surface area (Å²) in [5.41, 5.74) is 0.247. The average Bonchev–Trinajstić information content (AvgIpc) is 2.03. The van der Waals surface area contributed by atoms with Crippen LogP contribution in [0.4, 0.5) is 0 Å². The van der Waals surface area contributed by atoms with Gasteiger partial charge in [-0.1, -0.05) is 0 Å². The van der Waals surface area contributed by atoms with E-state index in [4.69, 9.17) is 5.41 Å². The number of carbonyl (C=O) groups is 1. The molecule has 0 aromatic carbocycles. The predicted octanol–water partition coefficient (Wildman–Crippen LogP) is 1.29. The van der Waals surface area contributed by atoms with Gasteiger partial charge in [0.2, 0.25) is 0 Å². The molecule has 0 heterocycles. The van der Waals surface area contributed by atoms with E-state index in [-0.39, 0.29) is 11.8 Å². The molecule has 0 saturated heterocycles. The van der Waals surface area contributed by atoms with Crippen LogP contribution in [0.1, 0.15) is 20.8 Å². The highest BCUT2D eigenvalue weighted by atomic mass is 16.5. The Morgan fingerprint density at radius 3 is 2.38 bits per heavy atom. The third-order valence-electron chi connectivity index (χ3n) is 1.45. The molecule has 1 unspecified atom stereocenters. The molecular weight excluding hydrogens is 168 g/mol. The van der Waals surface area contributed by atoms with E-state index in [1.54, 1.807) is 6.92 Å². The Morgan fingerprint density at radius 2 is 2.08 bits per heavy atom. The Balaban J connectivity index is 4.44. The fourth-order valence-electron chi connectivity index (χ4n) is 0.735. The maximum Gasteiger partial charge on any atom is 0.319 e. The summed E-state index contributed by atoms with van der Waals surface area (Å²) < 4.78 is 4.53. The number of hydrogen-bond donors (Lipinski definition) is 1. The molecule has 1 atom stereocenters. The van der Waals surface area contributed by atoms with Crippen LogP contribution in [-0.4, -0.2) is 31.0 Å². The Hall–Kier alpha value is -1.19. The van der Waals surface area contributed by atoms with Crippen LogP contribution in [0.2, 0.25) is 0 Å². The normalized spacial score (nSPS) is 13.3. The Labute approximate surface area is 78.5 Å². The standard InChI is InChI=1S/C9H16N2O2/c1-6(2)11-5-8(7(3)10)9(12)13-4/h5-6,8,10H,1-4H3. The summed E-state index contributed by atoms with van der Waals surface area (Å²) in [4.78, 5) is 15.2. The molecule has 0 amide bonds. The lowest BCUT2D eigenvalue weighted by atomic mass is 10.1. The van der Waals surface area contributed by atoms with Crippen molar-refractivity contribution >= 4 is 17.9 Å². The third-order valence-corrected chi connectivity index (χ3v) is 1.45. The average molecular weight is 184 g/mol. The first kappa shape index (κ1) is 11.8. The third kappa shape index (κ3) is 4.40. The quantitative estimate of drug-likeness (QED) is 0.528. The molecule has 0 fully saturated rings. The lowest BCUT2D eigenvalue weighted by molar-refractivity contribution is -0.141. The summed E-state index contributed by atoms with van der Waals surface area (Å²) in [6.07, 6.45) is 1.47. The molecule has 0 radical (unpaired) electrons. The zero-order valence-corrected chi connectivity index (χ0v) is 8.50. The van der Waals surface area contributed by atoms with Gasteiger partial charge in [0.25, 0.3) is 0 Å². The largest absolute Gasteiger partial charge is 0.468 e. The second-order valence-corrected chi connectivity index (χ2v) is 3.08. The molecule has 0 spiro atoms. The van der Waals surface area contributed by atoms with Crippen LogP contribution < -0.4 is 0 Å². The highest BCUT2D eigenvalue weighted by Crippen LogP contribution is 1.99. The van der Waals surface area contributed by atoms with Crippen molar-refractivity contribution in [2.45, 2.75) is 26.8 Å². The van der Waals surface area contributed by atoms with E-state index < -0.39 is 11.9 Å². The summed E-state index contributed by atoms with van der Waals surface area (Å²) in [7, 11) is 1.31. The van der Waals surface area contributed by atoms with E-state index in [0.717, 1.165) is 0 Å². The molecule has 0 aliphatic heterocycles. The van der Waals surface area contributed by atoms with Gasteiger partial charge < -0.3 is 10.1 Å². The Kier molecular flexibility index (Phi) is 4.96. The highest BCUT2D eigenvalue weighted by molar-refractivity contribution is 6.12. The maximum absolute atomic E-state index is 11.1. The van der Waals surface area contributed by atoms with Crippen molar-refractivity contribution < 1.29 is 9.53 Å². The number of carbonyl (C=O) groups excluding carboxylic acids is 1. The van der Waals surface area contributed by atoms with Gasteiger partial charge in [-0.2, -0.15) is 0 Å². The minimum atomic E-state index is -0.632. The second kappa shape index (κ2) is 5.45. The van der Waals surface area contributed by atoms with Crippen molar-refractivity contribution in [3.05, 3.63) is 0 Å². The molecule has 0 aliphatic rings. The van der Waals surface area contributed by atoms with Crippen LogP contribution in [-0.2, 0) is 9.53 Å². The summed E-state index contributed by atoms with van der Waals surface area (Å²) in [6, 6.07) is 0.131. The van der Waals surface area contributed by atoms with Gasteiger partial charge in [0.15, 0.2) is 0 Å². The topological polar surface area (TPSA) is 62.5 Å². The first-order valence-electron chi connectivity index (χ1n) is 4.15. The molecule has 0 aromatic heterocycles. The van der Waals surface area contributed by atoms with Crippen molar-refractivity contribution in [3.8, 4) is 0 Å². The highest BCUT2D eigenvalue weighted by Gasteiger charge is 2.18. The summed E-state index contributed by atoms with van der Waals surface area (Å²) in [6.45, 7) is 5.38. The molecule has 0 bridgehead atoms. The van der Waals surface area contributed by atoms with Gasteiger partial charge in [-0.15, -0.1) is 0 Å². The van der Waals surface area contributed by atoms with Gasteiger partial charge in [0.05, 0.1) is 7.11 Å².